The number of ether oxygens (including phenoxy) is 6. The number of allylic oxidation sites excluding steroid dienone is 4. The second kappa shape index (κ2) is 44.1. The highest BCUT2D eigenvalue weighted by Crippen LogP contribution is 2.27. The summed E-state index contributed by atoms with van der Waals surface area (Å²) in [4.78, 5) is 25.8. The Hall–Kier alpha value is -2.02. The van der Waals surface area contributed by atoms with Crippen molar-refractivity contribution >= 4 is 11.9 Å². The zero-order valence-corrected chi connectivity index (χ0v) is 44.9. The maximum absolute atomic E-state index is 13.1. The van der Waals surface area contributed by atoms with Crippen LogP contribution in [0, 0.1) is 0 Å². The molecule has 7 N–H and O–H groups in total. The molecule has 0 aromatic carbocycles. The van der Waals surface area contributed by atoms with Crippen molar-refractivity contribution in [2.75, 3.05) is 26.4 Å². The van der Waals surface area contributed by atoms with Gasteiger partial charge in [-0.25, -0.2) is 0 Å². The van der Waals surface area contributed by atoms with Crippen molar-refractivity contribution in [3.8, 4) is 0 Å². The molecule has 0 aromatic heterocycles. The molecule has 0 radical (unpaired) electrons. The van der Waals surface area contributed by atoms with E-state index in [1.807, 2.05) is 0 Å². The number of hydrogen-bond donors (Lipinski definition) is 7. The molecular formula is C57H104O15. The summed E-state index contributed by atoms with van der Waals surface area (Å²) in [5.74, 6) is -0.916. The molecule has 422 valence electrons. The van der Waals surface area contributed by atoms with Gasteiger partial charge in [0.1, 0.15) is 55.4 Å². The molecule has 0 bridgehead atoms. The van der Waals surface area contributed by atoms with Crippen LogP contribution in [0.3, 0.4) is 0 Å². The Labute approximate surface area is 434 Å². The van der Waals surface area contributed by atoms with Crippen molar-refractivity contribution in [2.45, 2.75) is 300 Å². The van der Waals surface area contributed by atoms with Gasteiger partial charge in [0, 0.05) is 12.8 Å². The summed E-state index contributed by atoms with van der Waals surface area (Å²) in [5.41, 5.74) is 0. The van der Waals surface area contributed by atoms with Gasteiger partial charge in [0.2, 0.25) is 0 Å². The van der Waals surface area contributed by atoms with Crippen LogP contribution in [-0.4, -0.2) is 142 Å². The van der Waals surface area contributed by atoms with Crippen LogP contribution in [0.25, 0.3) is 0 Å². The van der Waals surface area contributed by atoms with Crippen LogP contribution in [0.4, 0.5) is 0 Å². The molecule has 2 rings (SSSR count). The first-order chi connectivity index (χ1) is 35.0. The number of aliphatic hydroxyl groups excluding tert-OH is 7. The largest absolute Gasteiger partial charge is 0.462 e. The zero-order valence-electron chi connectivity index (χ0n) is 44.9. The number of hydrogen-bond acceptors (Lipinski definition) is 15. The summed E-state index contributed by atoms with van der Waals surface area (Å²) < 4.78 is 33.7. The van der Waals surface area contributed by atoms with Crippen molar-refractivity contribution in [3.63, 3.8) is 0 Å². The molecule has 0 aromatic rings. The average Bonchev–Trinajstić information content (AvgIpc) is 3.37. The summed E-state index contributed by atoms with van der Waals surface area (Å²) in [6.45, 7) is 2.61. The third-order valence-electron chi connectivity index (χ3n) is 13.9. The maximum Gasteiger partial charge on any atom is 0.306 e. The number of unbranched alkanes of at least 4 members (excludes halogenated alkanes) is 28. The number of esters is 2. The molecule has 2 aliphatic heterocycles. The maximum atomic E-state index is 13.1. The third kappa shape index (κ3) is 31.1. The summed E-state index contributed by atoms with van der Waals surface area (Å²) in [7, 11) is 0. The van der Waals surface area contributed by atoms with Gasteiger partial charge in [0.25, 0.3) is 0 Å². The Balaban J connectivity index is 1.73. The van der Waals surface area contributed by atoms with Crippen molar-refractivity contribution in [1.29, 1.82) is 0 Å². The molecule has 11 unspecified atom stereocenters. The standard InChI is InChI=1S/C57H104O15/c1-3-5-7-9-11-13-15-17-18-19-20-21-22-23-24-25-26-28-30-32-34-36-38-40-49(60)70-45(42-67-48(59)39-37-35-33-31-29-27-16-14-12-10-8-6-4-2)43-68-56-55(66)53(64)51(62)47(72-56)44-69-57-54(65)52(63)50(61)46(41-58)71-57/h15,17,19-20,45-47,50-58,61-66H,3-14,16,18,21-44H2,1-2H3/b17-15-,20-19-. The first-order valence-corrected chi connectivity index (χ1v) is 28.9. The molecule has 15 heteroatoms. The predicted octanol–water partition coefficient (Wildman–Crippen LogP) is 9.50. The highest BCUT2D eigenvalue weighted by Gasteiger charge is 2.47. The van der Waals surface area contributed by atoms with Gasteiger partial charge < -0.3 is 64.2 Å². The fraction of sp³-hybridized carbons (Fsp3) is 0.895. The van der Waals surface area contributed by atoms with Crippen molar-refractivity contribution in [2.24, 2.45) is 0 Å². The van der Waals surface area contributed by atoms with Gasteiger partial charge in [-0.05, 0) is 44.9 Å². The van der Waals surface area contributed by atoms with Crippen LogP contribution in [0.1, 0.15) is 232 Å². The lowest BCUT2D eigenvalue weighted by Crippen LogP contribution is -2.61. The molecule has 0 amide bonds. The predicted molar refractivity (Wildman–Crippen MR) is 280 cm³/mol. The highest BCUT2D eigenvalue weighted by molar-refractivity contribution is 5.70. The Bertz CT molecular complexity index is 1350. The molecule has 72 heavy (non-hydrogen) atoms. The molecular weight excluding hydrogens is 925 g/mol. The second-order valence-electron chi connectivity index (χ2n) is 20.5. The number of carbonyl (C=O) groups is 2. The Morgan fingerprint density at radius 2 is 0.833 bits per heavy atom. The lowest BCUT2D eigenvalue weighted by atomic mass is 9.98. The number of aliphatic hydroxyl groups is 7. The average molecular weight is 1030 g/mol. The molecule has 0 aliphatic carbocycles. The Kier molecular flexibility index (Phi) is 40.5. The molecule has 15 nitrogen and oxygen atoms in total. The van der Waals surface area contributed by atoms with E-state index in [1.54, 1.807) is 0 Å². The van der Waals surface area contributed by atoms with Gasteiger partial charge >= 0.3 is 11.9 Å². The van der Waals surface area contributed by atoms with E-state index < -0.39 is 92.7 Å². The van der Waals surface area contributed by atoms with Gasteiger partial charge in [0.05, 0.1) is 19.8 Å². The smallest absolute Gasteiger partial charge is 0.306 e. The SMILES string of the molecule is CCCCCCC/C=C\C/C=C\CCCCCCCCCCCCCC(=O)OC(COC(=O)CCCCCCCCCCCCCCC)COC1OC(COC2OC(CO)C(O)C(O)C2O)C(O)C(O)C1O. The summed E-state index contributed by atoms with van der Waals surface area (Å²) >= 11 is 0. The van der Waals surface area contributed by atoms with E-state index in [4.69, 9.17) is 28.4 Å². The van der Waals surface area contributed by atoms with Gasteiger partial charge in [-0.3, -0.25) is 9.59 Å². The van der Waals surface area contributed by atoms with Gasteiger partial charge in [0.15, 0.2) is 18.7 Å². The fourth-order valence-corrected chi connectivity index (χ4v) is 9.19. The van der Waals surface area contributed by atoms with E-state index in [0.29, 0.717) is 12.8 Å². The molecule has 2 saturated heterocycles. The Morgan fingerprint density at radius 1 is 0.444 bits per heavy atom. The quantitative estimate of drug-likeness (QED) is 0.0171. The molecule has 0 spiro atoms. The normalized spacial score (nSPS) is 25.1. The van der Waals surface area contributed by atoms with Gasteiger partial charge in [-0.2, -0.15) is 0 Å². The van der Waals surface area contributed by atoms with Crippen LogP contribution in [0.15, 0.2) is 24.3 Å². The third-order valence-corrected chi connectivity index (χ3v) is 13.9. The van der Waals surface area contributed by atoms with Crippen LogP contribution in [0.5, 0.6) is 0 Å². The van der Waals surface area contributed by atoms with Gasteiger partial charge in [-0.1, -0.05) is 199 Å². The summed E-state index contributed by atoms with van der Waals surface area (Å²) in [5, 5.41) is 72.2. The van der Waals surface area contributed by atoms with Gasteiger partial charge in [-0.15, -0.1) is 0 Å². The van der Waals surface area contributed by atoms with Crippen molar-refractivity contribution in [1.82, 2.24) is 0 Å². The van der Waals surface area contributed by atoms with Crippen molar-refractivity contribution in [3.05, 3.63) is 24.3 Å². The molecule has 11 atom stereocenters. The van der Waals surface area contributed by atoms with E-state index in [9.17, 15) is 45.3 Å². The monoisotopic (exact) mass is 1030 g/mol. The van der Waals surface area contributed by atoms with E-state index >= 15 is 0 Å². The first kappa shape index (κ1) is 66.1. The lowest BCUT2D eigenvalue weighted by molar-refractivity contribution is -0.332. The summed E-state index contributed by atoms with van der Waals surface area (Å²) in [6.07, 6.45) is 30.6. The Morgan fingerprint density at radius 3 is 1.29 bits per heavy atom. The van der Waals surface area contributed by atoms with E-state index in [-0.39, 0.29) is 26.1 Å². The van der Waals surface area contributed by atoms with E-state index in [1.165, 1.54) is 141 Å². The number of rotatable bonds is 46. The fourth-order valence-electron chi connectivity index (χ4n) is 9.19. The topological polar surface area (TPSA) is 231 Å². The second-order valence-corrected chi connectivity index (χ2v) is 20.5. The van der Waals surface area contributed by atoms with Crippen LogP contribution in [0.2, 0.25) is 0 Å². The molecule has 2 fully saturated rings. The molecule has 2 heterocycles. The zero-order chi connectivity index (χ0) is 52.4. The van der Waals surface area contributed by atoms with E-state index in [2.05, 4.69) is 38.2 Å². The van der Waals surface area contributed by atoms with Crippen molar-refractivity contribution < 1.29 is 73.8 Å². The molecule has 2 aliphatic rings. The van der Waals surface area contributed by atoms with E-state index in [0.717, 1.165) is 51.4 Å². The van der Waals surface area contributed by atoms with Crippen LogP contribution >= 0.6 is 0 Å². The molecule has 0 saturated carbocycles. The first-order valence-electron chi connectivity index (χ1n) is 28.9. The number of carbonyl (C=O) groups excluding carboxylic acids is 2. The lowest BCUT2D eigenvalue weighted by Gasteiger charge is -2.42. The minimum atomic E-state index is -1.76. The van der Waals surface area contributed by atoms with Crippen LogP contribution in [-0.2, 0) is 38.0 Å². The highest BCUT2D eigenvalue weighted by atomic mass is 16.7. The minimum Gasteiger partial charge on any atom is -0.462 e. The van der Waals surface area contributed by atoms with Crippen LogP contribution < -0.4 is 0 Å². The summed E-state index contributed by atoms with van der Waals surface area (Å²) in [6, 6.07) is 0. The minimum absolute atomic E-state index is 0.166.